The Morgan fingerprint density at radius 3 is 2.70 bits per heavy atom. The number of hydrogen-bond acceptors (Lipinski definition) is 2. The van der Waals surface area contributed by atoms with E-state index in [1.54, 1.807) is 18.3 Å². The summed E-state index contributed by atoms with van der Waals surface area (Å²) >= 11 is 5.97. The van der Waals surface area contributed by atoms with Crippen LogP contribution in [0.4, 0.5) is 0 Å². The van der Waals surface area contributed by atoms with Crippen molar-refractivity contribution in [3.05, 3.63) is 35.0 Å². The van der Waals surface area contributed by atoms with Crippen molar-refractivity contribution in [1.29, 1.82) is 0 Å². The van der Waals surface area contributed by atoms with Gasteiger partial charge in [-0.15, -0.1) is 0 Å². The number of nitrogens with one attached hydrogen (secondary N) is 1. The second kappa shape index (κ2) is 4.94. The molecule has 0 radical (unpaired) electrons. The third kappa shape index (κ3) is 2.20. The molecule has 2 atom stereocenters. The van der Waals surface area contributed by atoms with Crippen molar-refractivity contribution in [2.24, 2.45) is 11.8 Å². The molecule has 2 aromatic rings. The van der Waals surface area contributed by atoms with Crippen molar-refractivity contribution >= 4 is 34.3 Å². The predicted molar refractivity (Wildman–Crippen MR) is 76.1 cm³/mol. The first-order valence-electron chi connectivity index (χ1n) is 6.60. The standard InChI is InChI=1S/C15H14ClNO3/c16-10-3-4-13-11(6-10)12(7-17-13)14(18)8-1-2-9(5-8)15(19)20/h3-4,6-9,17H,1-2,5H2,(H,19,20). The summed E-state index contributed by atoms with van der Waals surface area (Å²) in [6.07, 6.45) is 3.34. The van der Waals surface area contributed by atoms with Crippen LogP contribution in [0.5, 0.6) is 0 Å². The first kappa shape index (κ1) is 13.2. The molecule has 1 saturated carbocycles. The Morgan fingerprint density at radius 1 is 1.25 bits per heavy atom. The number of fused-ring (bicyclic) bond motifs is 1. The van der Waals surface area contributed by atoms with Gasteiger partial charge in [-0.2, -0.15) is 0 Å². The highest BCUT2D eigenvalue weighted by Crippen LogP contribution is 2.35. The number of carboxylic acid groups (broad SMARTS) is 1. The van der Waals surface area contributed by atoms with Gasteiger partial charge in [0.15, 0.2) is 5.78 Å². The summed E-state index contributed by atoms with van der Waals surface area (Å²) in [6.45, 7) is 0. The van der Waals surface area contributed by atoms with Gasteiger partial charge in [-0.1, -0.05) is 11.6 Å². The number of H-pyrrole nitrogens is 1. The zero-order valence-electron chi connectivity index (χ0n) is 10.7. The van der Waals surface area contributed by atoms with Crippen molar-refractivity contribution in [3.63, 3.8) is 0 Å². The smallest absolute Gasteiger partial charge is 0.306 e. The van der Waals surface area contributed by atoms with Gasteiger partial charge in [0.2, 0.25) is 0 Å². The van der Waals surface area contributed by atoms with Gasteiger partial charge < -0.3 is 10.1 Å². The topological polar surface area (TPSA) is 70.2 Å². The van der Waals surface area contributed by atoms with Gasteiger partial charge in [-0.25, -0.2) is 0 Å². The fraction of sp³-hybridized carbons (Fsp3) is 0.333. The number of carbonyl (C=O) groups is 2. The molecular formula is C15H14ClNO3. The van der Waals surface area contributed by atoms with E-state index in [9.17, 15) is 9.59 Å². The number of Topliss-reactive ketones (excluding diaryl/α,β-unsaturated/α-hetero) is 1. The summed E-state index contributed by atoms with van der Waals surface area (Å²) in [6, 6.07) is 5.37. The molecule has 0 bridgehead atoms. The molecule has 20 heavy (non-hydrogen) atoms. The fourth-order valence-corrected chi connectivity index (χ4v) is 3.13. The van der Waals surface area contributed by atoms with Crippen molar-refractivity contribution < 1.29 is 14.7 Å². The van der Waals surface area contributed by atoms with Crippen molar-refractivity contribution in [2.45, 2.75) is 19.3 Å². The zero-order valence-corrected chi connectivity index (χ0v) is 11.5. The number of aliphatic carboxylic acids is 1. The Balaban J connectivity index is 1.90. The number of aromatic nitrogens is 1. The minimum absolute atomic E-state index is 0.0160. The maximum absolute atomic E-state index is 12.5. The number of carboxylic acids is 1. The maximum Gasteiger partial charge on any atom is 0.306 e. The molecule has 0 amide bonds. The van der Waals surface area contributed by atoms with Crippen LogP contribution in [0.1, 0.15) is 29.6 Å². The van der Waals surface area contributed by atoms with E-state index in [0.29, 0.717) is 29.8 Å². The Kier molecular flexibility index (Phi) is 3.26. The lowest BCUT2D eigenvalue weighted by molar-refractivity contribution is -0.141. The summed E-state index contributed by atoms with van der Waals surface area (Å²) in [4.78, 5) is 26.6. The second-order valence-electron chi connectivity index (χ2n) is 5.30. The minimum atomic E-state index is -0.803. The number of carbonyl (C=O) groups excluding carboxylic acids is 1. The van der Waals surface area contributed by atoms with Gasteiger partial charge in [0, 0.05) is 33.6 Å². The second-order valence-corrected chi connectivity index (χ2v) is 5.74. The molecule has 1 aromatic heterocycles. The van der Waals surface area contributed by atoms with Crippen LogP contribution in [0.2, 0.25) is 5.02 Å². The highest BCUT2D eigenvalue weighted by molar-refractivity contribution is 6.31. The van der Waals surface area contributed by atoms with E-state index >= 15 is 0 Å². The van der Waals surface area contributed by atoms with Crippen LogP contribution in [0.3, 0.4) is 0 Å². The molecule has 0 spiro atoms. The zero-order chi connectivity index (χ0) is 14.3. The van der Waals surface area contributed by atoms with Crippen LogP contribution in [-0.4, -0.2) is 21.8 Å². The van der Waals surface area contributed by atoms with Crippen molar-refractivity contribution in [3.8, 4) is 0 Å². The van der Waals surface area contributed by atoms with Gasteiger partial charge in [0.05, 0.1) is 5.92 Å². The molecule has 0 aliphatic heterocycles. The highest BCUT2D eigenvalue weighted by Gasteiger charge is 2.34. The third-order valence-corrected chi connectivity index (χ3v) is 4.30. The molecule has 1 aromatic carbocycles. The van der Waals surface area contributed by atoms with Crippen LogP contribution in [0.25, 0.3) is 10.9 Å². The van der Waals surface area contributed by atoms with Gasteiger partial charge in [-0.3, -0.25) is 9.59 Å². The molecular weight excluding hydrogens is 278 g/mol. The molecule has 1 aliphatic rings. The number of benzene rings is 1. The van der Waals surface area contributed by atoms with Crippen molar-refractivity contribution in [2.75, 3.05) is 0 Å². The number of hydrogen-bond donors (Lipinski definition) is 2. The molecule has 1 aliphatic carbocycles. The lowest BCUT2D eigenvalue weighted by Crippen LogP contribution is -2.14. The highest BCUT2D eigenvalue weighted by atomic mass is 35.5. The summed E-state index contributed by atoms with van der Waals surface area (Å²) in [5, 5.41) is 10.4. The fourth-order valence-electron chi connectivity index (χ4n) is 2.96. The quantitative estimate of drug-likeness (QED) is 0.850. The average Bonchev–Trinajstić information content (AvgIpc) is 3.04. The van der Waals surface area contributed by atoms with Gasteiger partial charge in [0.1, 0.15) is 0 Å². The molecule has 2 unspecified atom stereocenters. The first-order valence-corrected chi connectivity index (χ1v) is 6.97. The predicted octanol–water partition coefficient (Wildman–Crippen LogP) is 3.50. The van der Waals surface area contributed by atoms with E-state index in [4.69, 9.17) is 16.7 Å². The lowest BCUT2D eigenvalue weighted by Gasteiger charge is -2.07. The molecule has 104 valence electrons. The molecule has 4 nitrogen and oxygen atoms in total. The molecule has 2 N–H and O–H groups in total. The van der Waals surface area contributed by atoms with E-state index in [1.807, 2.05) is 6.07 Å². The Labute approximate surface area is 120 Å². The molecule has 0 saturated heterocycles. The van der Waals surface area contributed by atoms with Gasteiger partial charge in [0.25, 0.3) is 0 Å². The summed E-state index contributed by atoms with van der Waals surface area (Å²) in [7, 11) is 0. The SMILES string of the molecule is O=C(O)C1CCC(C(=O)c2c[nH]c3ccc(Cl)cc23)C1. The molecule has 1 heterocycles. The Hall–Kier alpha value is -1.81. The van der Waals surface area contributed by atoms with E-state index in [0.717, 1.165) is 10.9 Å². The molecule has 5 heteroatoms. The monoisotopic (exact) mass is 291 g/mol. The summed E-state index contributed by atoms with van der Waals surface area (Å²) < 4.78 is 0. The Bertz CT molecular complexity index is 691. The normalized spacial score (nSPS) is 22.2. The molecule has 1 fully saturated rings. The number of rotatable bonds is 3. The van der Waals surface area contributed by atoms with Gasteiger partial charge in [-0.05, 0) is 37.5 Å². The van der Waals surface area contributed by atoms with Gasteiger partial charge >= 0.3 is 5.97 Å². The van der Waals surface area contributed by atoms with Crippen LogP contribution >= 0.6 is 11.6 Å². The van der Waals surface area contributed by atoms with E-state index in [1.165, 1.54) is 0 Å². The Morgan fingerprint density at radius 2 is 2.00 bits per heavy atom. The van der Waals surface area contributed by atoms with Crippen molar-refractivity contribution in [1.82, 2.24) is 4.98 Å². The van der Waals surface area contributed by atoms with E-state index in [2.05, 4.69) is 4.98 Å². The molecule has 3 rings (SSSR count). The number of ketones is 1. The summed E-state index contributed by atoms with van der Waals surface area (Å²) in [5.74, 6) is -1.38. The van der Waals surface area contributed by atoms with E-state index < -0.39 is 11.9 Å². The minimum Gasteiger partial charge on any atom is -0.481 e. The number of halogens is 1. The average molecular weight is 292 g/mol. The number of aromatic amines is 1. The summed E-state index contributed by atoms with van der Waals surface area (Å²) in [5.41, 5.74) is 1.48. The van der Waals surface area contributed by atoms with Crippen LogP contribution < -0.4 is 0 Å². The van der Waals surface area contributed by atoms with Crippen LogP contribution in [0, 0.1) is 11.8 Å². The lowest BCUT2D eigenvalue weighted by atomic mass is 9.95. The maximum atomic E-state index is 12.5. The van der Waals surface area contributed by atoms with E-state index in [-0.39, 0.29) is 11.7 Å². The van der Waals surface area contributed by atoms with Crippen LogP contribution in [0.15, 0.2) is 24.4 Å². The first-order chi connectivity index (χ1) is 9.56. The van der Waals surface area contributed by atoms with Crippen LogP contribution in [-0.2, 0) is 4.79 Å². The third-order valence-electron chi connectivity index (χ3n) is 4.06. The largest absolute Gasteiger partial charge is 0.481 e.